The highest BCUT2D eigenvalue weighted by atomic mass is 16.6. The number of hydrogen-bond donors (Lipinski definition) is 2. The summed E-state index contributed by atoms with van der Waals surface area (Å²) < 4.78 is 0. The van der Waals surface area contributed by atoms with Crippen LogP contribution in [0.1, 0.15) is 38.3 Å². The van der Waals surface area contributed by atoms with Crippen LogP contribution in [0.5, 0.6) is 0 Å². The molecule has 1 aromatic carbocycles. The van der Waals surface area contributed by atoms with Crippen LogP contribution >= 0.6 is 0 Å². The zero-order valence-electron chi connectivity index (χ0n) is 13.9. The van der Waals surface area contributed by atoms with Crippen molar-refractivity contribution in [2.45, 2.75) is 52.3 Å². The fourth-order valence-electron chi connectivity index (χ4n) is 2.22. The van der Waals surface area contributed by atoms with E-state index >= 15 is 0 Å². The van der Waals surface area contributed by atoms with Crippen LogP contribution < -0.4 is 10.6 Å². The number of nitrogens with zero attached hydrogens (tertiary/aromatic N) is 1. The van der Waals surface area contributed by atoms with Crippen LogP contribution in [0.3, 0.4) is 0 Å². The van der Waals surface area contributed by atoms with Gasteiger partial charge >= 0.3 is 0 Å². The van der Waals surface area contributed by atoms with E-state index in [0.29, 0.717) is 6.42 Å². The molecule has 6 nitrogen and oxygen atoms in total. The third-order valence-electron chi connectivity index (χ3n) is 3.53. The molecule has 2 amide bonds. The van der Waals surface area contributed by atoms with Gasteiger partial charge in [-0.05, 0) is 33.3 Å². The Kier molecular flexibility index (Phi) is 5.36. The standard InChI is InChI=1S/C17H23N3O3/c1-10(2)18-16(21)12(4)19-17(22)15-9-14(20-23-15)13-7-5-11(3)6-8-13/h5-8,10,12,15H,9H2,1-4H3,(H,18,21)(H,19,22)/t12-,15+/m1/s1. The first-order valence-electron chi connectivity index (χ1n) is 7.77. The van der Waals surface area contributed by atoms with Gasteiger partial charge in [0.2, 0.25) is 12.0 Å². The molecular formula is C17H23N3O3. The summed E-state index contributed by atoms with van der Waals surface area (Å²) in [6.07, 6.45) is -0.298. The number of carbonyl (C=O) groups is 2. The van der Waals surface area contributed by atoms with Crippen molar-refractivity contribution in [2.75, 3.05) is 0 Å². The van der Waals surface area contributed by atoms with E-state index < -0.39 is 12.1 Å². The Morgan fingerprint density at radius 2 is 1.83 bits per heavy atom. The van der Waals surface area contributed by atoms with E-state index in [1.807, 2.05) is 45.0 Å². The van der Waals surface area contributed by atoms with Gasteiger partial charge in [-0.25, -0.2) is 0 Å². The maximum atomic E-state index is 12.2. The first-order chi connectivity index (χ1) is 10.9. The summed E-state index contributed by atoms with van der Waals surface area (Å²) in [5.41, 5.74) is 2.84. The third-order valence-corrected chi connectivity index (χ3v) is 3.53. The van der Waals surface area contributed by atoms with Crippen molar-refractivity contribution >= 4 is 17.5 Å². The lowest BCUT2D eigenvalue weighted by atomic mass is 10.0. The van der Waals surface area contributed by atoms with Crippen LogP contribution in [0.25, 0.3) is 0 Å². The summed E-state index contributed by atoms with van der Waals surface area (Å²) in [4.78, 5) is 29.2. The van der Waals surface area contributed by atoms with E-state index in [-0.39, 0.29) is 17.9 Å². The molecule has 0 bridgehead atoms. The van der Waals surface area contributed by atoms with Crippen LogP contribution in [-0.2, 0) is 14.4 Å². The van der Waals surface area contributed by atoms with E-state index in [1.165, 1.54) is 0 Å². The van der Waals surface area contributed by atoms with Crippen molar-refractivity contribution in [3.63, 3.8) is 0 Å². The number of oxime groups is 1. The monoisotopic (exact) mass is 317 g/mol. The zero-order valence-corrected chi connectivity index (χ0v) is 13.9. The van der Waals surface area contributed by atoms with Crippen molar-refractivity contribution in [3.05, 3.63) is 35.4 Å². The van der Waals surface area contributed by atoms with Gasteiger partial charge in [0.25, 0.3) is 5.91 Å². The molecule has 2 rings (SSSR count). The maximum Gasteiger partial charge on any atom is 0.264 e. The molecule has 1 aromatic rings. The second kappa shape index (κ2) is 7.26. The molecule has 0 saturated carbocycles. The van der Waals surface area contributed by atoms with E-state index in [4.69, 9.17) is 4.84 Å². The molecule has 23 heavy (non-hydrogen) atoms. The highest BCUT2D eigenvalue weighted by Crippen LogP contribution is 2.17. The Labute approximate surface area is 136 Å². The van der Waals surface area contributed by atoms with E-state index in [2.05, 4.69) is 15.8 Å². The van der Waals surface area contributed by atoms with Crippen molar-refractivity contribution < 1.29 is 14.4 Å². The number of benzene rings is 1. The van der Waals surface area contributed by atoms with Crippen LogP contribution in [0.4, 0.5) is 0 Å². The number of amides is 2. The third kappa shape index (κ3) is 4.55. The SMILES string of the molecule is Cc1ccc(C2=NO[C@H](C(=O)N[C@H](C)C(=O)NC(C)C)C2)cc1. The molecule has 2 N–H and O–H groups in total. The molecule has 1 aliphatic heterocycles. The van der Waals surface area contributed by atoms with Crippen LogP contribution in [0.2, 0.25) is 0 Å². The average Bonchev–Trinajstić information content (AvgIpc) is 2.97. The van der Waals surface area contributed by atoms with Crippen LogP contribution in [0.15, 0.2) is 29.4 Å². The molecule has 1 aliphatic rings. The Morgan fingerprint density at radius 1 is 1.17 bits per heavy atom. The summed E-state index contributed by atoms with van der Waals surface area (Å²) in [7, 11) is 0. The fraction of sp³-hybridized carbons (Fsp3) is 0.471. The second-order valence-corrected chi connectivity index (χ2v) is 6.10. The number of rotatable bonds is 5. The van der Waals surface area contributed by atoms with Gasteiger partial charge in [0.15, 0.2) is 0 Å². The molecule has 1 heterocycles. The van der Waals surface area contributed by atoms with E-state index in [0.717, 1.165) is 16.8 Å². The number of carbonyl (C=O) groups excluding carboxylic acids is 2. The normalized spacial score (nSPS) is 18.1. The summed E-state index contributed by atoms with van der Waals surface area (Å²) in [5, 5.41) is 9.41. The lowest BCUT2D eigenvalue weighted by Crippen LogP contribution is -2.49. The minimum atomic E-state index is -0.694. The largest absolute Gasteiger partial charge is 0.382 e. The highest BCUT2D eigenvalue weighted by molar-refractivity contribution is 6.04. The molecule has 0 spiro atoms. The van der Waals surface area contributed by atoms with Crippen LogP contribution in [0, 0.1) is 6.92 Å². The topological polar surface area (TPSA) is 79.8 Å². The van der Waals surface area contributed by atoms with Crippen molar-refractivity contribution in [1.82, 2.24) is 10.6 Å². The zero-order chi connectivity index (χ0) is 17.0. The van der Waals surface area contributed by atoms with Gasteiger partial charge in [-0.3, -0.25) is 9.59 Å². The Morgan fingerprint density at radius 3 is 2.43 bits per heavy atom. The first kappa shape index (κ1) is 17.0. The molecule has 2 atom stereocenters. The molecule has 0 radical (unpaired) electrons. The molecule has 0 unspecified atom stereocenters. The average molecular weight is 317 g/mol. The fourth-order valence-corrected chi connectivity index (χ4v) is 2.22. The Hall–Kier alpha value is -2.37. The summed E-state index contributed by atoms with van der Waals surface area (Å²) in [5.74, 6) is -0.548. The van der Waals surface area contributed by atoms with Gasteiger partial charge in [0, 0.05) is 12.5 Å². The van der Waals surface area contributed by atoms with Crippen LogP contribution in [-0.4, -0.2) is 35.7 Å². The number of nitrogens with one attached hydrogen (secondary N) is 2. The Balaban J connectivity index is 1.88. The van der Waals surface area contributed by atoms with Gasteiger partial charge in [-0.15, -0.1) is 0 Å². The molecule has 0 saturated heterocycles. The van der Waals surface area contributed by atoms with Gasteiger partial charge in [-0.1, -0.05) is 35.0 Å². The first-order valence-corrected chi connectivity index (χ1v) is 7.77. The molecular weight excluding hydrogens is 294 g/mol. The quantitative estimate of drug-likeness (QED) is 0.864. The lowest BCUT2D eigenvalue weighted by Gasteiger charge is -2.17. The molecule has 0 fully saturated rings. The number of hydrogen-bond acceptors (Lipinski definition) is 4. The minimum Gasteiger partial charge on any atom is -0.382 e. The predicted octanol–water partition coefficient (Wildman–Crippen LogP) is 1.52. The second-order valence-electron chi connectivity index (χ2n) is 6.10. The number of aryl methyl sites for hydroxylation is 1. The van der Waals surface area contributed by atoms with Crippen molar-refractivity contribution in [3.8, 4) is 0 Å². The van der Waals surface area contributed by atoms with Gasteiger partial charge in [-0.2, -0.15) is 0 Å². The summed E-state index contributed by atoms with van der Waals surface area (Å²) in [6.45, 7) is 7.39. The van der Waals surface area contributed by atoms with Gasteiger partial charge < -0.3 is 15.5 Å². The Bertz CT molecular complexity index is 608. The smallest absolute Gasteiger partial charge is 0.264 e. The summed E-state index contributed by atoms with van der Waals surface area (Å²) >= 11 is 0. The minimum absolute atomic E-state index is 0.0288. The summed E-state index contributed by atoms with van der Waals surface area (Å²) in [6, 6.07) is 7.30. The van der Waals surface area contributed by atoms with Crippen molar-refractivity contribution in [2.24, 2.45) is 5.16 Å². The predicted molar refractivity (Wildman–Crippen MR) is 88.1 cm³/mol. The maximum absolute atomic E-state index is 12.2. The van der Waals surface area contributed by atoms with Gasteiger partial charge in [0.1, 0.15) is 6.04 Å². The van der Waals surface area contributed by atoms with E-state index in [1.54, 1.807) is 6.92 Å². The van der Waals surface area contributed by atoms with E-state index in [9.17, 15) is 9.59 Å². The highest BCUT2D eigenvalue weighted by Gasteiger charge is 2.30. The van der Waals surface area contributed by atoms with Crippen molar-refractivity contribution in [1.29, 1.82) is 0 Å². The molecule has 0 aromatic heterocycles. The van der Waals surface area contributed by atoms with Gasteiger partial charge in [0.05, 0.1) is 5.71 Å². The molecule has 0 aliphatic carbocycles. The lowest BCUT2D eigenvalue weighted by molar-refractivity contribution is -0.135. The molecule has 6 heteroatoms. The molecule has 124 valence electrons.